The van der Waals surface area contributed by atoms with Crippen LogP contribution in [0.2, 0.25) is 0 Å². The summed E-state index contributed by atoms with van der Waals surface area (Å²) in [5.74, 6) is 1.30. The molecule has 10 heteroatoms. The van der Waals surface area contributed by atoms with Crippen LogP contribution in [0.15, 0.2) is 29.4 Å². The number of amides is 1. The van der Waals surface area contributed by atoms with Crippen molar-refractivity contribution in [2.75, 3.05) is 19.9 Å². The van der Waals surface area contributed by atoms with Crippen LogP contribution in [0.25, 0.3) is 0 Å². The Morgan fingerprint density at radius 1 is 1.24 bits per heavy atom. The number of aryl methyl sites for hydroxylation is 1. The average molecular weight is 420 g/mol. The number of hydrogen-bond donors (Lipinski definition) is 1. The Morgan fingerprint density at radius 3 is 2.72 bits per heavy atom. The first-order valence-electron chi connectivity index (χ1n) is 9.55. The Hall–Kier alpha value is -2.59. The maximum Gasteiger partial charge on any atom is 0.263 e. The molecule has 0 unspecified atom stereocenters. The van der Waals surface area contributed by atoms with Crippen molar-refractivity contribution >= 4 is 15.9 Å². The highest BCUT2D eigenvalue weighted by atomic mass is 32.2. The monoisotopic (exact) mass is 420 g/mol. The van der Waals surface area contributed by atoms with Gasteiger partial charge in [-0.05, 0) is 36.5 Å². The van der Waals surface area contributed by atoms with Crippen molar-refractivity contribution in [1.82, 2.24) is 19.4 Å². The standard InChI is InChI=1S/C19H24N4O5S/c1-13-5-7-23(8-6-13)29(25,26)19-15(11-22(2)21-19)18(24)20-10-14-3-4-16-17(9-14)28-12-27-16/h3-4,9,11,13H,5-8,10,12H2,1-2H3,(H,20,24). The highest BCUT2D eigenvalue weighted by Crippen LogP contribution is 2.32. The third kappa shape index (κ3) is 3.95. The number of aromatic nitrogens is 2. The Bertz CT molecular complexity index is 1030. The number of piperidine rings is 1. The lowest BCUT2D eigenvalue weighted by Crippen LogP contribution is -2.39. The smallest absolute Gasteiger partial charge is 0.263 e. The Balaban J connectivity index is 1.50. The third-order valence-electron chi connectivity index (χ3n) is 5.26. The second-order valence-electron chi connectivity index (χ2n) is 7.48. The zero-order chi connectivity index (χ0) is 20.6. The lowest BCUT2D eigenvalue weighted by molar-refractivity contribution is 0.0947. The van der Waals surface area contributed by atoms with Crippen molar-refractivity contribution in [1.29, 1.82) is 0 Å². The highest BCUT2D eigenvalue weighted by Gasteiger charge is 2.34. The predicted molar refractivity (Wildman–Crippen MR) is 104 cm³/mol. The van der Waals surface area contributed by atoms with Crippen LogP contribution in [0.5, 0.6) is 11.5 Å². The van der Waals surface area contributed by atoms with Gasteiger partial charge in [0.1, 0.15) is 0 Å². The van der Waals surface area contributed by atoms with Crippen LogP contribution < -0.4 is 14.8 Å². The van der Waals surface area contributed by atoms with Crippen LogP contribution in [-0.2, 0) is 23.6 Å². The molecule has 2 aliphatic heterocycles. The minimum absolute atomic E-state index is 0.0480. The van der Waals surface area contributed by atoms with Crippen LogP contribution in [0, 0.1) is 5.92 Å². The summed E-state index contributed by atoms with van der Waals surface area (Å²) in [6.45, 7) is 3.40. The summed E-state index contributed by atoms with van der Waals surface area (Å²) in [5.41, 5.74) is 0.868. The van der Waals surface area contributed by atoms with Gasteiger partial charge in [0.2, 0.25) is 11.8 Å². The molecule has 1 N–H and O–H groups in total. The van der Waals surface area contributed by atoms with E-state index in [2.05, 4.69) is 17.3 Å². The fourth-order valence-electron chi connectivity index (χ4n) is 3.49. The molecular formula is C19H24N4O5S. The van der Waals surface area contributed by atoms with E-state index in [0.717, 1.165) is 18.4 Å². The summed E-state index contributed by atoms with van der Waals surface area (Å²) in [4.78, 5) is 12.8. The number of benzene rings is 1. The minimum atomic E-state index is -3.83. The number of rotatable bonds is 5. The lowest BCUT2D eigenvalue weighted by Gasteiger charge is -2.28. The van der Waals surface area contributed by atoms with E-state index in [1.165, 1.54) is 15.2 Å². The minimum Gasteiger partial charge on any atom is -0.454 e. The van der Waals surface area contributed by atoms with Gasteiger partial charge in [0.25, 0.3) is 15.9 Å². The van der Waals surface area contributed by atoms with Crippen molar-refractivity contribution in [2.24, 2.45) is 13.0 Å². The summed E-state index contributed by atoms with van der Waals surface area (Å²) in [6, 6.07) is 5.39. The van der Waals surface area contributed by atoms with Crippen LogP contribution in [-0.4, -0.2) is 48.3 Å². The number of sulfonamides is 1. The summed E-state index contributed by atoms with van der Waals surface area (Å²) < 4.78 is 39.5. The molecule has 0 radical (unpaired) electrons. The highest BCUT2D eigenvalue weighted by molar-refractivity contribution is 7.89. The van der Waals surface area contributed by atoms with Crippen LogP contribution in [0.4, 0.5) is 0 Å². The Morgan fingerprint density at radius 2 is 1.97 bits per heavy atom. The van der Waals surface area contributed by atoms with Gasteiger partial charge in [-0.15, -0.1) is 0 Å². The van der Waals surface area contributed by atoms with E-state index in [1.54, 1.807) is 19.2 Å². The summed E-state index contributed by atoms with van der Waals surface area (Å²) >= 11 is 0. The summed E-state index contributed by atoms with van der Waals surface area (Å²) in [6.07, 6.45) is 3.05. The Kier molecular flexibility index (Phi) is 5.22. The molecule has 2 aliphatic rings. The largest absolute Gasteiger partial charge is 0.454 e. The normalized spacial score (nSPS) is 17.4. The molecule has 3 heterocycles. The quantitative estimate of drug-likeness (QED) is 0.786. The maximum absolute atomic E-state index is 13.1. The van der Waals surface area contributed by atoms with Gasteiger partial charge in [-0.1, -0.05) is 13.0 Å². The van der Waals surface area contributed by atoms with Gasteiger partial charge in [-0.3, -0.25) is 9.48 Å². The van der Waals surface area contributed by atoms with Gasteiger partial charge in [-0.25, -0.2) is 8.42 Å². The zero-order valence-electron chi connectivity index (χ0n) is 16.4. The van der Waals surface area contributed by atoms with Gasteiger partial charge >= 0.3 is 0 Å². The topological polar surface area (TPSA) is 103 Å². The van der Waals surface area contributed by atoms with Gasteiger partial charge < -0.3 is 14.8 Å². The summed E-state index contributed by atoms with van der Waals surface area (Å²) in [7, 11) is -2.22. The molecule has 1 fully saturated rings. The number of nitrogens with zero attached hydrogens (tertiary/aromatic N) is 3. The molecule has 29 heavy (non-hydrogen) atoms. The van der Waals surface area contributed by atoms with Crippen molar-refractivity contribution in [3.05, 3.63) is 35.5 Å². The number of nitrogens with one attached hydrogen (secondary N) is 1. The van der Waals surface area contributed by atoms with E-state index in [9.17, 15) is 13.2 Å². The molecule has 9 nitrogen and oxygen atoms in total. The molecule has 1 saturated heterocycles. The second kappa shape index (κ2) is 7.68. The van der Waals surface area contributed by atoms with Crippen LogP contribution in [0.3, 0.4) is 0 Å². The molecule has 1 aromatic carbocycles. The van der Waals surface area contributed by atoms with Crippen molar-refractivity contribution in [3.63, 3.8) is 0 Å². The number of carbonyl (C=O) groups excluding carboxylic acids is 1. The van der Waals surface area contributed by atoms with Crippen molar-refractivity contribution < 1.29 is 22.7 Å². The second-order valence-corrected chi connectivity index (χ2v) is 9.33. The zero-order valence-corrected chi connectivity index (χ0v) is 17.2. The van der Waals surface area contributed by atoms with E-state index < -0.39 is 15.9 Å². The molecule has 0 spiro atoms. The number of fused-ring (bicyclic) bond motifs is 1. The van der Waals surface area contributed by atoms with E-state index >= 15 is 0 Å². The van der Waals surface area contributed by atoms with Crippen LogP contribution in [0.1, 0.15) is 35.7 Å². The maximum atomic E-state index is 13.1. The van der Waals surface area contributed by atoms with E-state index in [-0.39, 0.29) is 23.9 Å². The third-order valence-corrected chi connectivity index (χ3v) is 7.09. The molecule has 0 atom stereocenters. The van der Waals surface area contributed by atoms with E-state index in [1.807, 2.05) is 6.07 Å². The first kappa shape index (κ1) is 19.7. The number of carbonyl (C=O) groups is 1. The Labute approximate surface area is 169 Å². The van der Waals surface area contributed by atoms with Gasteiger partial charge in [0.15, 0.2) is 11.5 Å². The van der Waals surface area contributed by atoms with E-state index in [4.69, 9.17) is 9.47 Å². The van der Waals surface area contributed by atoms with Crippen molar-refractivity contribution in [2.45, 2.75) is 31.3 Å². The molecule has 156 valence electrons. The lowest BCUT2D eigenvalue weighted by atomic mass is 10.0. The van der Waals surface area contributed by atoms with Gasteiger partial charge in [-0.2, -0.15) is 9.40 Å². The molecule has 0 saturated carbocycles. The van der Waals surface area contributed by atoms with Crippen molar-refractivity contribution in [3.8, 4) is 11.5 Å². The first-order chi connectivity index (χ1) is 13.8. The van der Waals surface area contributed by atoms with E-state index in [0.29, 0.717) is 30.5 Å². The SMILES string of the molecule is CC1CCN(S(=O)(=O)c2nn(C)cc2C(=O)NCc2ccc3c(c2)OCO3)CC1. The van der Waals surface area contributed by atoms with Gasteiger partial charge in [0, 0.05) is 32.9 Å². The molecular weight excluding hydrogens is 396 g/mol. The average Bonchev–Trinajstić information content (AvgIpc) is 3.32. The van der Waals surface area contributed by atoms with Gasteiger partial charge in [0.05, 0.1) is 5.56 Å². The molecule has 2 aromatic rings. The molecule has 4 rings (SSSR count). The number of hydrogen-bond acceptors (Lipinski definition) is 6. The fraction of sp³-hybridized carbons (Fsp3) is 0.474. The fourth-order valence-corrected chi connectivity index (χ4v) is 5.08. The summed E-state index contributed by atoms with van der Waals surface area (Å²) in [5, 5.41) is 6.66. The molecule has 0 bridgehead atoms. The molecule has 1 amide bonds. The molecule has 1 aromatic heterocycles. The predicted octanol–water partition coefficient (Wildman–Crippen LogP) is 1.50. The first-order valence-corrected chi connectivity index (χ1v) is 11.0. The number of ether oxygens (including phenoxy) is 2. The molecule has 0 aliphatic carbocycles. The van der Waals surface area contributed by atoms with Crippen LogP contribution >= 0.6 is 0 Å².